The lowest BCUT2D eigenvalue weighted by Gasteiger charge is -2.09. The molecule has 0 saturated carbocycles. The number of carbonyl (C=O) groups excluding carboxylic acids is 1. The lowest BCUT2D eigenvalue weighted by Crippen LogP contribution is -2.14. The van der Waals surface area contributed by atoms with Crippen LogP contribution in [0.5, 0.6) is 0 Å². The molecular formula is C14H13ClN2O. The van der Waals surface area contributed by atoms with Gasteiger partial charge in [-0.05, 0) is 31.2 Å². The van der Waals surface area contributed by atoms with E-state index >= 15 is 0 Å². The molecule has 0 aliphatic carbocycles. The van der Waals surface area contributed by atoms with Crippen LogP contribution in [0.3, 0.4) is 0 Å². The van der Waals surface area contributed by atoms with Crippen molar-refractivity contribution in [2.45, 2.75) is 6.92 Å². The number of carbonyl (C=O) groups is 1. The maximum Gasteiger partial charge on any atom is 0.259 e. The number of hydrogen-bond donors (Lipinski definition) is 2. The molecule has 0 unspecified atom stereocenters. The first-order chi connectivity index (χ1) is 8.58. The van der Waals surface area contributed by atoms with Gasteiger partial charge in [0.05, 0.1) is 10.6 Å². The quantitative estimate of drug-likeness (QED) is 0.812. The van der Waals surface area contributed by atoms with Crippen LogP contribution in [0.2, 0.25) is 5.02 Å². The van der Waals surface area contributed by atoms with E-state index in [-0.39, 0.29) is 5.91 Å². The van der Waals surface area contributed by atoms with E-state index in [4.69, 9.17) is 17.3 Å². The van der Waals surface area contributed by atoms with Gasteiger partial charge in [0.1, 0.15) is 0 Å². The summed E-state index contributed by atoms with van der Waals surface area (Å²) >= 11 is 5.98. The molecule has 0 saturated heterocycles. The average molecular weight is 261 g/mol. The molecule has 0 fully saturated rings. The third-order valence-corrected chi connectivity index (χ3v) is 2.90. The van der Waals surface area contributed by atoms with Crippen molar-refractivity contribution in [1.82, 2.24) is 0 Å². The van der Waals surface area contributed by atoms with Gasteiger partial charge in [-0.15, -0.1) is 0 Å². The summed E-state index contributed by atoms with van der Waals surface area (Å²) in [5.41, 5.74) is 8.27. The second kappa shape index (κ2) is 5.10. The Kier molecular flexibility index (Phi) is 3.53. The highest BCUT2D eigenvalue weighted by Gasteiger charge is 2.13. The molecule has 0 aliphatic rings. The van der Waals surface area contributed by atoms with Gasteiger partial charge < -0.3 is 11.1 Å². The van der Waals surface area contributed by atoms with Gasteiger partial charge in [-0.2, -0.15) is 0 Å². The predicted molar refractivity (Wildman–Crippen MR) is 75.0 cm³/mol. The fourth-order valence-corrected chi connectivity index (χ4v) is 1.88. The van der Waals surface area contributed by atoms with E-state index in [2.05, 4.69) is 5.32 Å². The number of halogens is 1. The average Bonchev–Trinajstić information content (AvgIpc) is 2.32. The second-order valence-electron chi connectivity index (χ2n) is 4.02. The largest absolute Gasteiger partial charge is 0.398 e. The number of hydrogen-bond acceptors (Lipinski definition) is 2. The van der Waals surface area contributed by atoms with Gasteiger partial charge in [0.15, 0.2) is 0 Å². The lowest BCUT2D eigenvalue weighted by molar-refractivity contribution is 0.102. The molecule has 0 heterocycles. The molecule has 0 aliphatic heterocycles. The molecule has 0 aromatic heterocycles. The molecule has 2 aromatic carbocycles. The molecule has 18 heavy (non-hydrogen) atoms. The fourth-order valence-electron chi connectivity index (χ4n) is 1.61. The Morgan fingerprint density at radius 3 is 2.44 bits per heavy atom. The molecule has 0 bridgehead atoms. The molecule has 4 heteroatoms. The molecule has 1 amide bonds. The van der Waals surface area contributed by atoms with Crippen LogP contribution in [0.25, 0.3) is 0 Å². The molecule has 3 nitrogen and oxygen atoms in total. The van der Waals surface area contributed by atoms with E-state index in [1.165, 1.54) is 0 Å². The van der Waals surface area contributed by atoms with Crippen LogP contribution in [-0.4, -0.2) is 5.91 Å². The normalized spacial score (nSPS) is 10.1. The molecule has 0 radical (unpaired) electrons. The molecule has 2 aromatic rings. The minimum absolute atomic E-state index is 0.304. The van der Waals surface area contributed by atoms with Gasteiger partial charge >= 0.3 is 0 Å². The first-order valence-corrected chi connectivity index (χ1v) is 5.88. The van der Waals surface area contributed by atoms with Crippen molar-refractivity contribution in [3.8, 4) is 0 Å². The first-order valence-electron chi connectivity index (χ1n) is 5.50. The topological polar surface area (TPSA) is 55.1 Å². The van der Waals surface area contributed by atoms with E-state index in [0.29, 0.717) is 22.0 Å². The lowest BCUT2D eigenvalue weighted by atomic mass is 10.1. The van der Waals surface area contributed by atoms with Crippen molar-refractivity contribution in [2.75, 3.05) is 11.1 Å². The second-order valence-corrected chi connectivity index (χ2v) is 4.43. The summed E-state index contributed by atoms with van der Waals surface area (Å²) in [5, 5.41) is 3.11. The van der Waals surface area contributed by atoms with Crippen molar-refractivity contribution in [3.63, 3.8) is 0 Å². The first kappa shape index (κ1) is 12.5. The van der Waals surface area contributed by atoms with E-state index in [1.54, 1.807) is 18.2 Å². The Morgan fingerprint density at radius 2 is 1.83 bits per heavy atom. The Morgan fingerprint density at radius 1 is 1.17 bits per heavy atom. The highest BCUT2D eigenvalue weighted by atomic mass is 35.5. The van der Waals surface area contributed by atoms with Gasteiger partial charge in [-0.3, -0.25) is 4.79 Å². The van der Waals surface area contributed by atoms with E-state index in [1.807, 2.05) is 31.2 Å². The number of aryl methyl sites for hydroxylation is 1. The van der Waals surface area contributed by atoms with Crippen LogP contribution >= 0.6 is 11.6 Å². The van der Waals surface area contributed by atoms with Crippen LogP contribution in [-0.2, 0) is 0 Å². The molecule has 0 spiro atoms. The third kappa shape index (κ3) is 2.63. The Bertz CT molecular complexity index is 559. The fraction of sp³-hybridized carbons (Fsp3) is 0.0714. The number of anilines is 2. The number of amides is 1. The zero-order valence-electron chi connectivity index (χ0n) is 9.91. The van der Waals surface area contributed by atoms with Crippen molar-refractivity contribution in [3.05, 3.63) is 58.6 Å². The smallest absolute Gasteiger partial charge is 0.259 e. The molecule has 0 atom stereocenters. The minimum Gasteiger partial charge on any atom is -0.398 e. The SMILES string of the molecule is Cc1ccc(NC(=O)c2c(N)cccc2Cl)cc1. The summed E-state index contributed by atoms with van der Waals surface area (Å²) in [6, 6.07) is 12.5. The summed E-state index contributed by atoms with van der Waals surface area (Å²) < 4.78 is 0. The Labute approximate surface area is 111 Å². The molecule has 92 valence electrons. The minimum atomic E-state index is -0.304. The molecule has 2 rings (SSSR count). The van der Waals surface area contributed by atoms with Crippen LogP contribution in [0, 0.1) is 6.92 Å². The van der Waals surface area contributed by atoms with Crippen molar-refractivity contribution in [1.29, 1.82) is 0 Å². The van der Waals surface area contributed by atoms with Gasteiger partial charge in [0.25, 0.3) is 5.91 Å². The predicted octanol–water partition coefficient (Wildman–Crippen LogP) is 3.48. The number of nitrogen functional groups attached to an aromatic ring is 1. The summed E-state index contributed by atoms with van der Waals surface area (Å²) in [6.07, 6.45) is 0. The monoisotopic (exact) mass is 260 g/mol. The molecule has 3 N–H and O–H groups in total. The van der Waals surface area contributed by atoms with Gasteiger partial charge in [0.2, 0.25) is 0 Å². The Hall–Kier alpha value is -2.00. The highest BCUT2D eigenvalue weighted by Crippen LogP contribution is 2.23. The van der Waals surface area contributed by atoms with E-state index in [9.17, 15) is 4.79 Å². The third-order valence-electron chi connectivity index (χ3n) is 2.58. The van der Waals surface area contributed by atoms with Gasteiger partial charge in [-0.25, -0.2) is 0 Å². The highest BCUT2D eigenvalue weighted by molar-refractivity contribution is 6.35. The number of nitrogens with two attached hydrogens (primary N) is 1. The summed E-state index contributed by atoms with van der Waals surface area (Å²) in [6.45, 7) is 1.98. The summed E-state index contributed by atoms with van der Waals surface area (Å²) in [5.74, 6) is -0.304. The van der Waals surface area contributed by atoms with E-state index < -0.39 is 0 Å². The van der Waals surface area contributed by atoms with E-state index in [0.717, 1.165) is 5.56 Å². The Balaban J connectivity index is 2.25. The zero-order valence-corrected chi connectivity index (χ0v) is 10.7. The summed E-state index contributed by atoms with van der Waals surface area (Å²) in [4.78, 5) is 12.1. The van der Waals surface area contributed by atoms with Gasteiger partial charge in [0, 0.05) is 11.4 Å². The van der Waals surface area contributed by atoms with Crippen molar-refractivity contribution < 1.29 is 4.79 Å². The van der Waals surface area contributed by atoms with Crippen LogP contribution in [0.1, 0.15) is 15.9 Å². The maximum atomic E-state index is 12.1. The van der Waals surface area contributed by atoms with Crippen LogP contribution in [0.4, 0.5) is 11.4 Å². The standard InChI is InChI=1S/C14H13ClN2O/c1-9-5-7-10(8-6-9)17-14(18)13-11(15)3-2-4-12(13)16/h2-8H,16H2,1H3,(H,17,18). The number of benzene rings is 2. The van der Waals surface area contributed by atoms with Gasteiger partial charge in [-0.1, -0.05) is 35.4 Å². The zero-order chi connectivity index (χ0) is 13.1. The maximum absolute atomic E-state index is 12.1. The van der Waals surface area contributed by atoms with Crippen molar-refractivity contribution in [2.24, 2.45) is 0 Å². The summed E-state index contributed by atoms with van der Waals surface area (Å²) in [7, 11) is 0. The van der Waals surface area contributed by atoms with Crippen molar-refractivity contribution >= 4 is 28.9 Å². The van der Waals surface area contributed by atoms with Crippen LogP contribution < -0.4 is 11.1 Å². The molecular weight excluding hydrogens is 248 g/mol. The number of rotatable bonds is 2. The number of nitrogens with one attached hydrogen (secondary N) is 1. The van der Waals surface area contributed by atoms with Crippen LogP contribution in [0.15, 0.2) is 42.5 Å².